The third-order valence-corrected chi connectivity index (χ3v) is 6.45. The molecule has 1 saturated carbocycles. The van der Waals surface area contributed by atoms with E-state index in [0.717, 1.165) is 23.3 Å². The van der Waals surface area contributed by atoms with Gasteiger partial charge in [-0.05, 0) is 43.5 Å². The number of carbonyl (C=O) groups is 1. The Kier molecular flexibility index (Phi) is 5.71. The smallest absolute Gasteiger partial charge is 0.244 e. The van der Waals surface area contributed by atoms with Gasteiger partial charge in [0.2, 0.25) is 5.91 Å². The van der Waals surface area contributed by atoms with E-state index in [2.05, 4.69) is 11.4 Å². The number of carbonyl (C=O) groups excluding carboxylic acids is 1. The fraction of sp³-hybridized carbons (Fsp3) is 0.381. The molecular formula is C21H25NO2S. The second-order valence-corrected chi connectivity index (χ2v) is 7.94. The van der Waals surface area contributed by atoms with E-state index < -0.39 is 6.10 Å². The first-order chi connectivity index (χ1) is 12.1. The predicted molar refractivity (Wildman–Crippen MR) is 104 cm³/mol. The quantitative estimate of drug-likeness (QED) is 0.753. The first-order valence-electron chi connectivity index (χ1n) is 8.88. The highest BCUT2D eigenvalue weighted by molar-refractivity contribution is 7.12. The van der Waals surface area contributed by atoms with Crippen LogP contribution in [0.15, 0.2) is 48.5 Å². The minimum atomic E-state index is -0.430. The van der Waals surface area contributed by atoms with Crippen LogP contribution < -0.4 is 5.32 Å². The maximum atomic E-state index is 12.2. The molecular weight excluding hydrogens is 330 g/mol. The highest BCUT2D eigenvalue weighted by Gasteiger charge is 2.37. The standard InChI is InChI=1S/C21H25NO2S/c1-16(23)18-10-11-19(25-18)21(13-5-6-14-21)15-22-20(24)12-9-17-7-3-2-4-8-17/h2-4,7-12,16,23H,5-6,13-15H2,1H3,(H,22,24)/b12-9+. The van der Waals surface area contributed by atoms with Crippen molar-refractivity contribution in [3.05, 3.63) is 63.9 Å². The summed E-state index contributed by atoms with van der Waals surface area (Å²) in [5.74, 6) is -0.0533. The van der Waals surface area contributed by atoms with Crippen molar-refractivity contribution in [2.75, 3.05) is 6.54 Å². The summed E-state index contributed by atoms with van der Waals surface area (Å²) in [7, 11) is 0. The van der Waals surface area contributed by atoms with Crippen molar-refractivity contribution in [1.29, 1.82) is 0 Å². The molecule has 1 heterocycles. The average Bonchev–Trinajstić information content (AvgIpc) is 3.29. The minimum absolute atomic E-state index is 0.0219. The molecule has 0 aliphatic heterocycles. The van der Waals surface area contributed by atoms with E-state index >= 15 is 0 Å². The highest BCUT2D eigenvalue weighted by atomic mass is 32.1. The molecule has 3 rings (SSSR count). The zero-order valence-corrected chi connectivity index (χ0v) is 15.4. The fourth-order valence-electron chi connectivity index (χ4n) is 3.48. The molecule has 1 fully saturated rings. The zero-order valence-electron chi connectivity index (χ0n) is 14.6. The van der Waals surface area contributed by atoms with Crippen LogP contribution in [0.3, 0.4) is 0 Å². The van der Waals surface area contributed by atoms with Gasteiger partial charge in [0.1, 0.15) is 0 Å². The van der Waals surface area contributed by atoms with Crippen LogP contribution in [0.2, 0.25) is 0 Å². The normalized spacial score (nSPS) is 17.7. The lowest BCUT2D eigenvalue weighted by Gasteiger charge is -2.28. The number of nitrogens with one attached hydrogen (secondary N) is 1. The van der Waals surface area contributed by atoms with Crippen LogP contribution in [0.25, 0.3) is 6.08 Å². The van der Waals surface area contributed by atoms with E-state index in [1.807, 2.05) is 42.5 Å². The van der Waals surface area contributed by atoms with Crippen molar-refractivity contribution in [3.63, 3.8) is 0 Å². The first kappa shape index (κ1) is 17.9. The summed E-state index contributed by atoms with van der Waals surface area (Å²) in [6.45, 7) is 2.46. The molecule has 0 bridgehead atoms. The van der Waals surface area contributed by atoms with Crippen LogP contribution in [0, 0.1) is 0 Å². The Labute approximate surface area is 153 Å². The molecule has 3 nitrogen and oxygen atoms in total. The van der Waals surface area contributed by atoms with Crippen LogP contribution in [0.1, 0.15) is 54.0 Å². The Balaban J connectivity index is 1.65. The summed E-state index contributed by atoms with van der Waals surface area (Å²) >= 11 is 1.68. The van der Waals surface area contributed by atoms with Crippen molar-refractivity contribution in [3.8, 4) is 0 Å². The van der Waals surface area contributed by atoms with E-state index in [4.69, 9.17) is 0 Å². The van der Waals surface area contributed by atoms with Gasteiger partial charge in [-0.25, -0.2) is 0 Å². The molecule has 1 amide bonds. The van der Waals surface area contributed by atoms with Gasteiger partial charge in [0.15, 0.2) is 0 Å². The Morgan fingerprint density at radius 2 is 1.96 bits per heavy atom. The summed E-state index contributed by atoms with van der Waals surface area (Å²) in [6.07, 6.45) is 7.59. The van der Waals surface area contributed by atoms with Crippen LogP contribution in [0.4, 0.5) is 0 Å². The first-order valence-corrected chi connectivity index (χ1v) is 9.70. The Morgan fingerprint density at radius 1 is 1.24 bits per heavy atom. The van der Waals surface area contributed by atoms with E-state index in [1.165, 1.54) is 17.7 Å². The molecule has 1 atom stereocenters. The maximum Gasteiger partial charge on any atom is 0.244 e. The number of thiophene rings is 1. The third-order valence-electron chi connectivity index (χ3n) is 4.95. The number of aliphatic hydroxyl groups excluding tert-OH is 1. The van der Waals surface area contributed by atoms with Crippen molar-refractivity contribution < 1.29 is 9.90 Å². The molecule has 1 aliphatic rings. The van der Waals surface area contributed by atoms with Gasteiger partial charge >= 0.3 is 0 Å². The molecule has 0 spiro atoms. The van der Waals surface area contributed by atoms with Crippen LogP contribution in [-0.4, -0.2) is 17.6 Å². The SMILES string of the molecule is CC(O)c1ccc(C2(CNC(=O)/C=C/c3ccccc3)CCCC2)s1. The van der Waals surface area contributed by atoms with Gasteiger partial charge in [0.25, 0.3) is 0 Å². The second-order valence-electron chi connectivity index (χ2n) is 6.83. The molecule has 1 unspecified atom stereocenters. The van der Waals surface area contributed by atoms with E-state index in [-0.39, 0.29) is 11.3 Å². The molecule has 1 aromatic heterocycles. The van der Waals surface area contributed by atoms with Gasteiger partial charge in [0.05, 0.1) is 6.10 Å². The summed E-state index contributed by atoms with van der Waals surface area (Å²) < 4.78 is 0. The van der Waals surface area contributed by atoms with Gasteiger partial charge in [-0.15, -0.1) is 11.3 Å². The maximum absolute atomic E-state index is 12.2. The summed E-state index contributed by atoms with van der Waals surface area (Å²) in [5, 5.41) is 12.9. The van der Waals surface area contributed by atoms with Crippen LogP contribution in [-0.2, 0) is 10.2 Å². The number of aliphatic hydroxyl groups is 1. The lowest BCUT2D eigenvalue weighted by molar-refractivity contribution is -0.116. The predicted octanol–water partition coefficient (Wildman–Crippen LogP) is 4.44. The average molecular weight is 356 g/mol. The lowest BCUT2D eigenvalue weighted by Crippen LogP contribution is -2.37. The Hall–Kier alpha value is -1.91. The highest BCUT2D eigenvalue weighted by Crippen LogP contribution is 2.44. The number of amides is 1. The monoisotopic (exact) mass is 355 g/mol. The molecule has 2 N–H and O–H groups in total. The van der Waals surface area contributed by atoms with Crippen LogP contribution >= 0.6 is 11.3 Å². The summed E-state index contributed by atoms with van der Waals surface area (Å²) in [6, 6.07) is 14.0. The van der Waals surface area contributed by atoms with E-state index in [0.29, 0.717) is 6.54 Å². The molecule has 132 valence electrons. The molecule has 25 heavy (non-hydrogen) atoms. The van der Waals surface area contributed by atoms with E-state index in [1.54, 1.807) is 24.3 Å². The molecule has 2 aromatic rings. The topological polar surface area (TPSA) is 49.3 Å². The van der Waals surface area contributed by atoms with E-state index in [9.17, 15) is 9.90 Å². The second kappa shape index (κ2) is 7.98. The van der Waals surface area contributed by atoms with Crippen LogP contribution in [0.5, 0.6) is 0 Å². The molecule has 1 aromatic carbocycles. The summed E-state index contributed by atoms with van der Waals surface area (Å²) in [5.41, 5.74) is 1.04. The van der Waals surface area contributed by atoms with Gasteiger partial charge in [-0.2, -0.15) is 0 Å². The number of hydrogen-bond acceptors (Lipinski definition) is 3. The lowest BCUT2D eigenvalue weighted by atomic mass is 9.84. The number of benzene rings is 1. The molecule has 4 heteroatoms. The van der Waals surface area contributed by atoms with Crippen molar-refractivity contribution in [1.82, 2.24) is 5.32 Å². The largest absolute Gasteiger partial charge is 0.388 e. The minimum Gasteiger partial charge on any atom is -0.388 e. The van der Waals surface area contributed by atoms with Crippen molar-refractivity contribution >= 4 is 23.3 Å². The number of hydrogen-bond donors (Lipinski definition) is 2. The zero-order chi connectivity index (χ0) is 17.7. The fourth-order valence-corrected chi connectivity index (χ4v) is 4.67. The van der Waals surface area contributed by atoms with Crippen molar-refractivity contribution in [2.24, 2.45) is 0 Å². The number of rotatable bonds is 6. The van der Waals surface area contributed by atoms with Crippen molar-refractivity contribution in [2.45, 2.75) is 44.1 Å². The molecule has 0 saturated heterocycles. The molecule has 1 aliphatic carbocycles. The summed E-state index contributed by atoms with van der Waals surface area (Å²) in [4.78, 5) is 14.5. The van der Waals surface area contributed by atoms with Gasteiger partial charge in [-0.3, -0.25) is 4.79 Å². The van der Waals surface area contributed by atoms with Gasteiger partial charge in [-0.1, -0.05) is 43.2 Å². The Morgan fingerprint density at radius 3 is 2.60 bits per heavy atom. The van der Waals surface area contributed by atoms with Gasteiger partial charge in [0, 0.05) is 27.8 Å². The Bertz CT molecular complexity index is 727. The molecule has 0 radical (unpaired) electrons. The van der Waals surface area contributed by atoms with Gasteiger partial charge < -0.3 is 10.4 Å². The third kappa shape index (κ3) is 4.39.